The van der Waals surface area contributed by atoms with Gasteiger partial charge in [-0.25, -0.2) is 4.79 Å². The average molecular weight is 937 g/mol. The van der Waals surface area contributed by atoms with Crippen molar-refractivity contribution in [1.29, 1.82) is 0 Å². The number of aliphatic carboxylic acids is 2. The highest BCUT2D eigenvalue weighted by molar-refractivity contribution is 5.98. The first-order valence-corrected chi connectivity index (χ1v) is 19.5. The maximum absolute atomic E-state index is 13.3. The van der Waals surface area contributed by atoms with Crippen molar-refractivity contribution in [2.24, 2.45) is 17.2 Å². The molecule has 0 unspecified atom stereocenters. The van der Waals surface area contributed by atoms with E-state index in [1.807, 2.05) is 10.6 Å². The van der Waals surface area contributed by atoms with Gasteiger partial charge in [-0.1, -0.05) is 0 Å². The van der Waals surface area contributed by atoms with Crippen LogP contribution in [0.1, 0.15) is 65.2 Å². The number of carbonyl (C=O) groups excluding carboxylic acids is 11. The van der Waals surface area contributed by atoms with Crippen LogP contribution < -0.4 is 65.1 Å². The number of nitrogens with two attached hydrogens (primary N) is 3. The minimum Gasteiger partial charge on any atom is -0.481 e. The van der Waals surface area contributed by atoms with E-state index in [9.17, 15) is 67.7 Å². The van der Waals surface area contributed by atoms with E-state index in [1.165, 1.54) is 6.92 Å². The van der Waals surface area contributed by atoms with Gasteiger partial charge in [-0.15, -0.1) is 0 Å². The average Bonchev–Trinajstić information content (AvgIpc) is 3.66. The van der Waals surface area contributed by atoms with Crippen LogP contribution in [0.2, 0.25) is 0 Å². The van der Waals surface area contributed by atoms with Gasteiger partial charge in [0.1, 0.15) is 42.3 Å². The summed E-state index contributed by atoms with van der Waals surface area (Å²) < 4.78 is 0. The largest absolute Gasteiger partial charge is 0.481 e. The van der Waals surface area contributed by atoms with Crippen LogP contribution in [0.5, 0.6) is 0 Å². The van der Waals surface area contributed by atoms with Crippen molar-refractivity contribution in [3.63, 3.8) is 0 Å². The first kappa shape index (κ1) is 60.0. The smallest absolute Gasteiger partial charge is 0.326 e. The molecule has 1 saturated heterocycles. The first-order valence-electron chi connectivity index (χ1n) is 19.5. The Labute approximate surface area is 370 Å². The van der Waals surface area contributed by atoms with Crippen LogP contribution in [-0.2, 0) is 62.3 Å². The molecular weight excluding hydrogens is 876 g/mol. The quantitative estimate of drug-likeness (QED) is 0.0324. The van der Waals surface area contributed by atoms with Gasteiger partial charge >= 0.3 is 5.97 Å². The van der Waals surface area contributed by atoms with Gasteiger partial charge in [0.15, 0.2) is 0 Å². The Hall–Kier alpha value is -7.05. The highest BCUT2D eigenvalue weighted by Crippen LogP contribution is 2.08. The lowest BCUT2D eigenvalue weighted by atomic mass is 10.1. The van der Waals surface area contributed by atoms with Crippen molar-refractivity contribution in [1.82, 2.24) is 47.9 Å². The fraction of sp³-hybridized carbons (Fsp3) is 0.629. The molecule has 65 heavy (non-hydrogen) atoms. The number of carbonyl (C=O) groups is 13. The fourth-order valence-corrected chi connectivity index (χ4v) is 5.19. The van der Waals surface area contributed by atoms with Crippen LogP contribution in [0, 0.1) is 0 Å². The SMILES string of the molecule is CC(=O)O.C[C@H](NC(=O)[C@@H]1CCC(=O)N1)C(=O)N[C@@H](CCCCN)C(=O)N[C@@H](CO)C(=O)N[C@@H](CCC(N)=O)C(=O)NCC(=O)NCC(=O)N[C@@H](CO)C(=O)N[C@@H](CC(N)=O)C(=O)O.O. The molecule has 0 spiro atoms. The molecule has 0 aromatic heterocycles. The first-order chi connectivity index (χ1) is 29.9. The molecule has 1 fully saturated rings. The predicted octanol–water partition coefficient (Wildman–Crippen LogP) is -9.97. The van der Waals surface area contributed by atoms with Gasteiger partial charge in [0, 0.05) is 19.8 Å². The normalized spacial score (nSPS) is 15.3. The molecule has 0 aromatic carbocycles. The van der Waals surface area contributed by atoms with Crippen LogP contribution >= 0.6 is 0 Å². The molecule has 368 valence electrons. The van der Waals surface area contributed by atoms with E-state index in [2.05, 4.69) is 37.2 Å². The molecule has 1 aliphatic rings. The number of aliphatic hydroxyl groups excluding tert-OH is 2. The zero-order valence-electron chi connectivity index (χ0n) is 35.6. The number of hydrogen-bond donors (Lipinski definition) is 16. The lowest BCUT2D eigenvalue weighted by Gasteiger charge is -2.25. The maximum atomic E-state index is 13.3. The predicted molar refractivity (Wildman–Crippen MR) is 218 cm³/mol. The summed E-state index contributed by atoms with van der Waals surface area (Å²) in [4.78, 5) is 156. The number of carboxylic acid groups (broad SMARTS) is 2. The summed E-state index contributed by atoms with van der Waals surface area (Å²) in [6, 6.07) is -10.0. The van der Waals surface area contributed by atoms with Crippen molar-refractivity contribution in [2.75, 3.05) is 32.8 Å². The van der Waals surface area contributed by atoms with E-state index in [0.717, 1.165) is 6.92 Å². The lowest BCUT2D eigenvalue weighted by Crippen LogP contribution is -2.59. The summed E-state index contributed by atoms with van der Waals surface area (Å²) in [6.07, 6.45) is -0.481. The number of primary amides is 2. The second kappa shape index (κ2) is 31.7. The summed E-state index contributed by atoms with van der Waals surface area (Å²) in [6.45, 7) is -0.981. The highest BCUT2D eigenvalue weighted by atomic mass is 16.4. The van der Waals surface area contributed by atoms with E-state index in [-0.39, 0.29) is 37.2 Å². The van der Waals surface area contributed by atoms with Crippen molar-refractivity contribution in [3.05, 3.63) is 0 Å². The number of unbranched alkanes of at least 4 members (excludes halogenated alkanes) is 1. The van der Waals surface area contributed by atoms with Crippen LogP contribution in [0.3, 0.4) is 0 Å². The number of hydrogen-bond acceptors (Lipinski definition) is 16. The number of rotatable bonds is 28. The van der Waals surface area contributed by atoms with E-state index in [4.69, 9.17) is 32.2 Å². The maximum Gasteiger partial charge on any atom is 0.326 e. The highest BCUT2D eigenvalue weighted by Gasteiger charge is 2.33. The molecule has 0 aliphatic carbocycles. The summed E-state index contributed by atoms with van der Waals surface area (Å²) in [7, 11) is 0. The second-order valence-electron chi connectivity index (χ2n) is 13.9. The molecule has 21 N–H and O–H groups in total. The zero-order valence-corrected chi connectivity index (χ0v) is 35.6. The molecule has 11 amide bonds. The third-order valence-corrected chi connectivity index (χ3v) is 8.50. The monoisotopic (exact) mass is 936 g/mol. The van der Waals surface area contributed by atoms with E-state index in [0.29, 0.717) is 12.8 Å². The van der Waals surface area contributed by atoms with Gasteiger partial charge in [-0.3, -0.25) is 57.5 Å². The van der Waals surface area contributed by atoms with Crippen LogP contribution in [-0.4, -0.2) is 178 Å². The molecule has 0 bridgehead atoms. The molecule has 1 aliphatic heterocycles. The standard InChI is InChI=1S/C33H54N12O15.C2H4O2.H2O/c1-15(39-29(55)18-6-8-24(50)40-18)27(53)42-16(4-2-3-9-34)30(56)45-21(14-47)32(58)43-17(5-7-22(35)48)28(54)38-11-25(51)37-12-26(52)41-20(13-46)31(57)44-19(33(59)60)10-23(36)49;1-2(3)4;/h15-21,46-47H,2-14,34H2,1H3,(H2,35,48)(H2,36,49)(H,37,51)(H,38,54)(H,39,55)(H,40,50)(H,41,52)(H,42,53)(H,43,58)(H,44,57)(H,45,56)(H,59,60);1H3,(H,3,4);1H2/t15-,16-,17-,18-,19-,20-,21-;;/m0../s1. The molecule has 1 heterocycles. The van der Waals surface area contributed by atoms with Crippen LogP contribution in [0.4, 0.5) is 0 Å². The van der Waals surface area contributed by atoms with Crippen LogP contribution in [0.25, 0.3) is 0 Å². The molecule has 7 atom stereocenters. The Balaban J connectivity index is 0. The number of aliphatic hydroxyl groups is 2. The van der Waals surface area contributed by atoms with Crippen molar-refractivity contribution in [2.45, 2.75) is 108 Å². The van der Waals surface area contributed by atoms with Gasteiger partial charge < -0.3 is 91.0 Å². The second-order valence-corrected chi connectivity index (χ2v) is 13.9. The Bertz CT molecular complexity index is 1710. The third-order valence-electron chi connectivity index (χ3n) is 8.50. The van der Waals surface area contributed by atoms with Gasteiger partial charge in [0.25, 0.3) is 5.97 Å². The van der Waals surface area contributed by atoms with Crippen molar-refractivity contribution < 1.29 is 88.2 Å². The number of nitrogens with one attached hydrogen (secondary N) is 9. The van der Waals surface area contributed by atoms with E-state index in [1.54, 1.807) is 0 Å². The third kappa shape index (κ3) is 25.6. The Morgan fingerprint density at radius 1 is 0.662 bits per heavy atom. The minimum atomic E-state index is -1.76. The van der Waals surface area contributed by atoms with E-state index < -0.39 is 159 Å². The molecule has 0 aromatic rings. The fourth-order valence-electron chi connectivity index (χ4n) is 5.19. The molecule has 0 saturated carbocycles. The Kier molecular flexibility index (Phi) is 29.3. The summed E-state index contributed by atoms with van der Waals surface area (Å²) in [5.74, 6) is -12.5. The Morgan fingerprint density at radius 3 is 1.65 bits per heavy atom. The van der Waals surface area contributed by atoms with Crippen molar-refractivity contribution >= 4 is 76.9 Å². The van der Waals surface area contributed by atoms with Gasteiger partial charge in [-0.2, -0.15) is 0 Å². The summed E-state index contributed by atoms with van der Waals surface area (Å²) in [5, 5.41) is 56.1. The molecule has 0 radical (unpaired) electrons. The van der Waals surface area contributed by atoms with E-state index >= 15 is 0 Å². The zero-order chi connectivity index (χ0) is 49.1. The number of amides is 11. The van der Waals surface area contributed by atoms with Gasteiger partial charge in [0.05, 0.1) is 32.7 Å². The molecule has 1 rings (SSSR count). The topological polar surface area (TPSA) is 521 Å². The molecule has 30 nitrogen and oxygen atoms in total. The Morgan fingerprint density at radius 2 is 1.15 bits per heavy atom. The van der Waals surface area contributed by atoms with Crippen molar-refractivity contribution in [3.8, 4) is 0 Å². The lowest BCUT2D eigenvalue weighted by molar-refractivity contribution is -0.144. The molecular formula is C35H60N12O18. The summed E-state index contributed by atoms with van der Waals surface area (Å²) >= 11 is 0. The number of carboxylic acids is 2. The minimum absolute atomic E-state index is 0. The summed E-state index contributed by atoms with van der Waals surface area (Å²) in [5.41, 5.74) is 15.7. The van der Waals surface area contributed by atoms with Crippen LogP contribution in [0.15, 0.2) is 0 Å². The molecule has 30 heteroatoms. The van der Waals surface area contributed by atoms with Gasteiger partial charge in [0.2, 0.25) is 65.0 Å². The van der Waals surface area contributed by atoms with Gasteiger partial charge in [-0.05, 0) is 45.6 Å².